The summed E-state index contributed by atoms with van der Waals surface area (Å²) in [5.74, 6) is 0.164. The minimum Gasteiger partial charge on any atom is -0.396 e. The Balaban J connectivity index is 0.000000887. The van der Waals surface area contributed by atoms with Crippen LogP contribution in [0.1, 0.15) is 39.3 Å². The molecule has 0 fully saturated rings. The van der Waals surface area contributed by atoms with Crippen molar-refractivity contribution in [3.05, 3.63) is 23.9 Å². The van der Waals surface area contributed by atoms with Crippen molar-refractivity contribution in [2.24, 2.45) is 5.41 Å². The zero-order chi connectivity index (χ0) is 22.0. The summed E-state index contributed by atoms with van der Waals surface area (Å²) in [5.41, 5.74) is -0.0927. The topological polar surface area (TPSA) is 71.5 Å². The largest absolute Gasteiger partial charge is 0.396 e. The van der Waals surface area contributed by atoms with Crippen LogP contribution in [0.5, 0.6) is 0 Å². The van der Waals surface area contributed by atoms with Crippen LogP contribution in [0.15, 0.2) is 18.2 Å². The van der Waals surface area contributed by atoms with Crippen molar-refractivity contribution in [2.45, 2.75) is 52.6 Å². The van der Waals surface area contributed by atoms with Crippen molar-refractivity contribution in [1.29, 1.82) is 0 Å². The highest BCUT2D eigenvalue weighted by atomic mass is 19.4. The van der Waals surface area contributed by atoms with Crippen LogP contribution >= 0.6 is 0 Å². The van der Waals surface area contributed by atoms with Crippen molar-refractivity contribution in [2.75, 3.05) is 18.5 Å². The van der Waals surface area contributed by atoms with Gasteiger partial charge in [-0.15, -0.1) is 0 Å². The number of aliphatic hydroxyl groups is 1. The molecule has 0 atom stereocenters. The lowest BCUT2D eigenvalue weighted by Gasteiger charge is -2.17. The molecule has 11 heteroatoms. The van der Waals surface area contributed by atoms with Crippen LogP contribution in [0.2, 0.25) is 0 Å². The van der Waals surface area contributed by atoms with Crippen LogP contribution in [-0.4, -0.2) is 41.6 Å². The number of ether oxygens (including phenoxy) is 1. The number of rotatable bonds is 6. The summed E-state index contributed by atoms with van der Waals surface area (Å²) < 4.78 is 73.5. The quantitative estimate of drug-likeness (QED) is 0.528. The van der Waals surface area contributed by atoms with Gasteiger partial charge in [-0.3, -0.25) is 4.79 Å². The number of nitrogens with zero attached hydrogens (tertiary/aromatic N) is 1. The van der Waals surface area contributed by atoms with E-state index < -0.39 is 43.8 Å². The average molecular weight is 418 g/mol. The standard InChI is InChI=1S/C14H19F3N2O2.C3H5F3O/c1-13(2,3)12(20)19-11-6-4-5-10(18-11)9-21-8-7-14(15,16)17;4-3(5,6)1-2-7/h4-6H,7-9H2,1-3H3,(H,18,19,20);7H,1-2H2. The molecule has 5 nitrogen and oxygen atoms in total. The second-order valence-electron chi connectivity index (χ2n) is 6.72. The first-order valence-corrected chi connectivity index (χ1v) is 8.23. The summed E-state index contributed by atoms with van der Waals surface area (Å²) in [5, 5.41) is 10.3. The monoisotopic (exact) mass is 418 g/mol. The van der Waals surface area contributed by atoms with Crippen LogP contribution in [0.4, 0.5) is 32.2 Å². The molecule has 1 heterocycles. The van der Waals surface area contributed by atoms with Gasteiger partial charge in [-0.05, 0) is 12.1 Å². The van der Waals surface area contributed by atoms with Gasteiger partial charge in [0.15, 0.2) is 0 Å². The number of aromatic nitrogens is 1. The molecule has 0 saturated carbocycles. The van der Waals surface area contributed by atoms with E-state index in [2.05, 4.69) is 10.3 Å². The average Bonchev–Trinajstić information content (AvgIpc) is 2.49. The molecule has 1 amide bonds. The maximum absolute atomic E-state index is 12.0. The fourth-order valence-corrected chi connectivity index (χ4v) is 1.42. The first-order chi connectivity index (χ1) is 12.6. The molecule has 0 aliphatic rings. The van der Waals surface area contributed by atoms with Crippen molar-refractivity contribution in [3.8, 4) is 0 Å². The van der Waals surface area contributed by atoms with Gasteiger partial charge in [0.1, 0.15) is 5.82 Å². The molecule has 0 spiro atoms. The highest BCUT2D eigenvalue weighted by Crippen LogP contribution is 2.20. The Morgan fingerprint density at radius 3 is 2.07 bits per heavy atom. The third-order valence-corrected chi connectivity index (χ3v) is 2.90. The number of amides is 1. The summed E-state index contributed by atoms with van der Waals surface area (Å²) in [6.07, 6.45) is -10.5. The van der Waals surface area contributed by atoms with E-state index in [0.717, 1.165) is 0 Å². The zero-order valence-electron chi connectivity index (χ0n) is 15.7. The highest BCUT2D eigenvalue weighted by Gasteiger charge is 2.26. The minimum atomic E-state index is -4.23. The summed E-state index contributed by atoms with van der Waals surface area (Å²) in [6, 6.07) is 4.90. The molecule has 2 N–H and O–H groups in total. The lowest BCUT2D eigenvalue weighted by Crippen LogP contribution is -2.28. The van der Waals surface area contributed by atoms with Crippen LogP contribution in [0.3, 0.4) is 0 Å². The molecule has 0 aliphatic carbocycles. The van der Waals surface area contributed by atoms with Gasteiger partial charge in [-0.1, -0.05) is 26.8 Å². The van der Waals surface area contributed by atoms with Gasteiger partial charge in [-0.25, -0.2) is 4.98 Å². The lowest BCUT2D eigenvalue weighted by molar-refractivity contribution is -0.146. The molecule has 0 aliphatic heterocycles. The summed E-state index contributed by atoms with van der Waals surface area (Å²) >= 11 is 0. The Bertz CT molecular complexity index is 598. The number of hydrogen-bond acceptors (Lipinski definition) is 4. The smallest absolute Gasteiger partial charge is 0.391 e. The third kappa shape index (κ3) is 14.2. The predicted molar refractivity (Wildman–Crippen MR) is 90.4 cm³/mol. The Hall–Kier alpha value is -1.88. The molecule has 0 unspecified atom stereocenters. The molecular formula is C17H24F6N2O3. The van der Waals surface area contributed by atoms with Gasteiger partial charge < -0.3 is 15.2 Å². The maximum atomic E-state index is 12.0. The third-order valence-electron chi connectivity index (χ3n) is 2.90. The number of hydrogen-bond donors (Lipinski definition) is 2. The van der Waals surface area contributed by atoms with Crippen molar-refractivity contribution < 1.29 is 41.0 Å². The van der Waals surface area contributed by atoms with Crippen molar-refractivity contribution in [3.63, 3.8) is 0 Å². The number of anilines is 1. The second-order valence-corrected chi connectivity index (χ2v) is 6.72. The van der Waals surface area contributed by atoms with Crippen LogP contribution in [-0.2, 0) is 16.1 Å². The van der Waals surface area contributed by atoms with E-state index in [0.29, 0.717) is 11.5 Å². The molecule has 1 rings (SSSR count). The van der Waals surface area contributed by atoms with Gasteiger partial charge in [0.05, 0.1) is 38.4 Å². The van der Waals surface area contributed by atoms with Crippen molar-refractivity contribution in [1.82, 2.24) is 4.98 Å². The Kier molecular flexibility index (Phi) is 10.4. The summed E-state index contributed by atoms with van der Waals surface area (Å²) in [7, 11) is 0. The number of carbonyl (C=O) groups excluding carboxylic acids is 1. The normalized spacial score (nSPS) is 12.2. The van der Waals surface area contributed by atoms with Gasteiger partial charge in [0.2, 0.25) is 5.91 Å². The second kappa shape index (κ2) is 11.2. The minimum absolute atomic E-state index is 0.0324. The Morgan fingerprint density at radius 1 is 1.07 bits per heavy atom. The molecule has 0 radical (unpaired) electrons. The van der Waals surface area contributed by atoms with Gasteiger partial charge in [0.25, 0.3) is 0 Å². The van der Waals surface area contributed by atoms with E-state index in [1.165, 1.54) is 0 Å². The number of halogens is 6. The fourth-order valence-electron chi connectivity index (χ4n) is 1.42. The SMILES string of the molecule is CC(C)(C)C(=O)Nc1cccc(COCCC(F)(F)F)n1.OCCC(F)(F)F. The van der Waals surface area contributed by atoms with E-state index in [9.17, 15) is 31.1 Å². The highest BCUT2D eigenvalue weighted by molar-refractivity contribution is 5.93. The van der Waals surface area contributed by atoms with Gasteiger partial charge in [-0.2, -0.15) is 26.3 Å². The molecule has 28 heavy (non-hydrogen) atoms. The molecule has 1 aromatic heterocycles. The Morgan fingerprint density at radius 2 is 1.64 bits per heavy atom. The first-order valence-electron chi connectivity index (χ1n) is 8.23. The molecular weight excluding hydrogens is 394 g/mol. The van der Waals surface area contributed by atoms with E-state index in [1.807, 2.05) is 0 Å². The van der Waals surface area contributed by atoms with Gasteiger partial charge in [0, 0.05) is 5.41 Å². The first kappa shape index (κ1) is 26.1. The maximum Gasteiger partial charge on any atom is 0.391 e. The molecule has 0 bridgehead atoms. The van der Waals surface area contributed by atoms with Crippen LogP contribution in [0, 0.1) is 5.41 Å². The van der Waals surface area contributed by atoms with Crippen LogP contribution < -0.4 is 5.32 Å². The molecule has 0 aromatic carbocycles. The number of alkyl halides is 6. The molecule has 162 valence electrons. The number of nitrogens with one attached hydrogen (secondary N) is 1. The van der Waals surface area contributed by atoms with Crippen LogP contribution in [0.25, 0.3) is 0 Å². The predicted octanol–water partition coefficient (Wildman–Crippen LogP) is 4.47. The fraction of sp³-hybridized carbons (Fsp3) is 0.647. The van der Waals surface area contributed by atoms with E-state index in [-0.39, 0.29) is 12.5 Å². The van der Waals surface area contributed by atoms with E-state index in [1.54, 1.807) is 39.0 Å². The Labute approximate surface area is 159 Å². The zero-order valence-corrected chi connectivity index (χ0v) is 15.7. The number of pyridine rings is 1. The van der Waals surface area contributed by atoms with Crippen molar-refractivity contribution >= 4 is 11.7 Å². The lowest BCUT2D eigenvalue weighted by atomic mass is 9.96. The summed E-state index contributed by atoms with van der Waals surface area (Å²) in [6.45, 7) is 4.05. The van der Waals surface area contributed by atoms with E-state index >= 15 is 0 Å². The number of carbonyl (C=O) groups is 1. The van der Waals surface area contributed by atoms with E-state index in [4.69, 9.17) is 9.84 Å². The number of aliphatic hydroxyl groups excluding tert-OH is 1. The molecule has 1 aromatic rings. The summed E-state index contributed by atoms with van der Waals surface area (Å²) in [4.78, 5) is 15.9. The molecule has 0 saturated heterocycles. The van der Waals surface area contributed by atoms with Gasteiger partial charge >= 0.3 is 12.4 Å².